The van der Waals surface area contributed by atoms with Crippen molar-refractivity contribution in [2.45, 2.75) is 31.1 Å². The second kappa shape index (κ2) is 7.71. The lowest BCUT2D eigenvalue weighted by atomic mass is 10.3. The predicted octanol–water partition coefficient (Wildman–Crippen LogP) is 1.31. The van der Waals surface area contributed by atoms with Gasteiger partial charge in [-0.1, -0.05) is 6.92 Å². The van der Waals surface area contributed by atoms with Crippen molar-refractivity contribution < 1.29 is 13.2 Å². The Bertz CT molecular complexity index is 595. The van der Waals surface area contributed by atoms with Crippen LogP contribution in [0.2, 0.25) is 0 Å². The van der Waals surface area contributed by atoms with Crippen molar-refractivity contribution in [3.05, 3.63) is 24.3 Å². The summed E-state index contributed by atoms with van der Waals surface area (Å²) in [5.41, 5.74) is 0.590. The van der Waals surface area contributed by atoms with Crippen LogP contribution >= 0.6 is 0 Å². The quantitative estimate of drug-likeness (QED) is 0.639. The van der Waals surface area contributed by atoms with E-state index in [1.807, 2.05) is 6.92 Å². The molecule has 2 rings (SSSR count). The highest BCUT2D eigenvalue weighted by Gasteiger charge is 2.20. The minimum Gasteiger partial charge on any atom is -0.325 e. The van der Waals surface area contributed by atoms with Gasteiger partial charge in [0.05, 0.1) is 11.4 Å². The summed E-state index contributed by atoms with van der Waals surface area (Å²) in [5, 5.41) is 5.85. The van der Waals surface area contributed by atoms with Crippen LogP contribution in [0.4, 0.5) is 5.69 Å². The Balaban J connectivity index is 1.83. The highest BCUT2D eigenvalue weighted by molar-refractivity contribution is 7.89. The van der Waals surface area contributed by atoms with Gasteiger partial charge in [-0.15, -0.1) is 0 Å². The van der Waals surface area contributed by atoms with Crippen molar-refractivity contribution in [1.29, 1.82) is 0 Å². The first kappa shape index (κ1) is 16.9. The summed E-state index contributed by atoms with van der Waals surface area (Å²) in [4.78, 5) is 11.9. The van der Waals surface area contributed by atoms with Crippen molar-refractivity contribution >= 4 is 21.6 Å². The molecule has 122 valence electrons. The van der Waals surface area contributed by atoms with Gasteiger partial charge < -0.3 is 10.6 Å². The molecule has 0 saturated heterocycles. The highest BCUT2D eigenvalue weighted by atomic mass is 32.2. The molecule has 1 aromatic rings. The third kappa shape index (κ3) is 5.40. The molecule has 0 atom stereocenters. The second-order valence-corrected chi connectivity index (χ2v) is 7.31. The molecule has 0 aliphatic heterocycles. The molecule has 0 spiro atoms. The molecular formula is C15H23N3O3S. The zero-order valence-electron chi connectivity index (χ0n) is 12.8. The molecule has 7 heteroatoms. The van der Waals surface area contributed by atoms with Crippen LogP contribution in [0.1, 0.15) is 26.2 Å². The van der Waals surface area contributed by atoms with Crippen LogP contribution < -0.4 is 15.4 Å². The Morgan fingerprint density at radius 2 is 1.91 bits per heavy atom. The second-order valence-electron chi connectivity index (χ2n) is 5.54. The molecule has 1 amide bonds. The van der Waals surface area contributed by atoms with E-state index in [2.05, 4.69) is 15.4 Å². The van der Waals surface area contributed by atoms with E-state index in [0.717, 1.165) is 18.9 Å². The highest BCUT2D eigenvalue weighted by Crippen LogP contribution is 2.27. The van der Waals surface area contributed by atoms with Crippen molar-refractivity contribution in [1.82, 2.24) is 10.0 Å². The number of hydrogen-bond donors (Lipinski definition) is 3. The molecule has 1 fully saturated rings. The van der Waals surface area contributed by atoms with Gasteiger partial charge in [0.15, 0.2) is 0 Å². The number of anilines is 1. The first-order valence-corrected chi connectivity index (χ1v) is 9.10. The molecule has 1 aliphatic carbocycles. The average molecular weight is 325 g/mol. The summed E-state index contributed by atoms with van der Waals surface area (Å²) in [6.07, 6.45) is 3.23. The van der Waals surface area contributed by atoms with E-state index < -0.39 is 10.0 Å². The first-order valence-electron chi connectivity index (χ1n) is 7.61. The molecule has 1 saturated carbocycles. The molecule has 6 nitrogen and oxygen atoms in total. The minimum absolute atomic E-state index is 0.125. The number of hydrogen-bond acceptors (Lipinski definition) is 4. The molecule has 0 bridgehead atoms. The van der Waals surface area contributed by atoms with Gasteiger partial charge >= 0.3 is 0 Å². The lowest BCUT2D eigenvalue weighted by Gasteiger charge is -2.08. The van der Waals surface area contributed by atoms with Crippen molar-refractivity contribution in [3.8, 4) is 0 Å². The van der Waals surface area contributed by atoms with Gasteiger partial charge in [-0.2, -0.15) is 0 Å². The average Bonchev–Trinajstić information content (AvgIpc) is 3.30. The Hall–Kier alpha value is -1.44. The Labute approximate surface area is 131 Å². The molecule has 0 unspecified atom stereocenters. The minimum atomic E-state index is -3.46. The Morgan fingerprint density at radius 3 is 2.50 bits per heavy atom. The van der Waals surface area contributed by atoms with Gasteiger partial charge in [-0.25, -0.2) is 13.1 Å². The zero-order valence-corrected chi connectivity index (χ0v) is 13.6. The van der Waals surface area contributed by atoms with Crippen LogP contribution in [-0.4, -0.2) is 34.0 Å². The molecular weight excluding hydrogens is 302 g/mol. The molecule has 1 aliphatic rings. The Morgan fingerprint density at radius 1 is 1.23 bits per heavy atom. The van der Waals surface area contributed by atoms with Gasteiger partial charge in [-0.05, 0) is 56.0 Å². The lowest BCUT2D eigenvalue weighted by molar-refractivity contribution is -0.115. The van der Waals surface area contributed by atoms with Crippen LogP contribution in [0.3, 0.4) is 0 Å². The van der Waals surface area contributed by atoms with Gasteiger partial charge in [0.1, 0.15) is 0 Å². The molecule has 0 heterocycles. The molecule has 3 N–H and O–H groups in total. The maximum atomic E-state index is 11.9. The largest absolute Gasteiger partial charge is 0.325 e. The number of carbonyl (C=O) groups is 1. The van der Waals surface area contributed by atoms with E-state index in [4.69, 9.17) is 0 Å². The zero-order chi connectivity index (χ0) is 16.0. The predicted molar refractivity (Wildman–Crippen MR) is 86.1 cm³/mol. The van der Waals surface area contributed by atoms with E-state index in [-0.39, 0.29) is 17.3 Å². The van der Waals surface area contributed by atoms with Crippen LogP contribution in [-0.2, 0) is 14.8 Å². The maximum Gasteiger partial charge on any atom is 0.240 e. The van der Waals surface area contributed by atoms with E-state index in [1.54, 1.807) is 12.1 Å². The summed E-state index contributed by atoms with van der Waals surface area (Å²) in [5.74, 6) is 0.605. The summed E-state index contributed by atoms with van der Waals surface area (Å²) >= 11 is 0. The lowest BCUT2D eigenvalue weighted by Crippen LogP contribution is -2.29. The molecule has 0 aromatic heterocycles. The number of amides is 1. The number of rotatable bonds is 9. The van der Waals surface area contributed by atoms with E-state index >= 15 is 0 Å². The number of carbonyl (C=O) groups excluding carboxylic acids is 1. The van der Waals surface area contributed by atoms with Gasteiger partial charge in [-0.3, -0.25) is 4.79 Å². The van der Waals surface area contributed by atoms with Crippen molar-refractivity contribution in [2.75, 3.05) is 25.0 Å². The van der Waals surface area contributed by atoms with Gasteiger partial charge in [0.25, 0.3) is 0 Å². The summed E-state index contributed by atoms with van der Waals surface area (Å²) in [6.45, 7) is 3.47. The fourth-order valence-corrected chi connectivity index (χ4v) is 3.09. The molecule has 1 aromatic carbocycles. The number of benzene rings is 1. The fourth-order valence-electron chi connectivity index (χ4n) is 1.95. The monoisotopic (exact) mass is 325 g/mol. The van der Waals surface area contributed by atoms with E-state index in [1.165, 1.54) is 25.0 Å². The fraction of sp³-hybridized carbons (Fsp3) is 0.533. The van der Waals surface area contributed by atoms with Crippen LogP contribution in [0.25, 0.3) is 0 Å². The summed E-state index contributed by atoms with van der Waals surface area (Å²) in [6, 6.07) is 6.18. The summed E-state index contributed by atoms with van der Waals surface area (Å²) in [7, 11) is -3.46. The Kier molecular flexibility index (Phi) is 5.93. The summed E-state index contributed by atoms with van der Waals surface area (Å²) < 4.78 is 26.4. The molecule has 22 heavy (non-hydrogen) atoms. The van der Waals surface area contributed by atoms with Crippen LogP contribution in [0.15, 0.2) is 29.2 Å². The van der Waals surface area contributed by atoms with Crippen LogP contribution in [0, 0.1) is 5.92 Å². The SMILES string of the molecule is CCCNS(=O)(=O)c1ccc(NC(=O)CNCC2CC2)cc1. The van der Waals surface area contributed by atoms with Gasteiger partial charge in [0.2, 0.25) is 15.9 Å². The number of sulfonamides is 1. The van der Waals surface area contributed by atoms with Gasteiger partial charge in [0, 0.05) is 12.2 Å². The maximum absolute atomic E-state index is 11.9. The number of nitrogens with one attached hydrogen (secondary N) is 3. The third-order valence-electron chi connectivity index (χ3n) is 3.41. The van der Waals surface area contributed by atoms with Crippen LogP contribution in [0.5, 0.6) is 0 Å². The van der Waals surface area contributed by atoms with Crippen molar-refractivity contribution in [3.63, 3.8) is 0 Å². The smallest absolute Gasteiger partial charge is 0.240 e. The first-order chi connectivity index (χ1) is 10.5. The van der Waals surface area contributed by atoms with E-state index in [0.29, 0.717) is 12.2 Å². The topological polar surface area (TPSA) is 87.3 Å². The van der Waals surface area contributed by atoms with E-state index in [9.17, 15) is 13.2 Å². The third-order valence-corrected chi connectivity index (χ3v) is 4.88. The standard InChI is InChI=1S/C15H23N3O3S/c1-2-9-17-22(20,21)14-7-5-13(6-8-14)18-15(19)11-16-10-12-3-4-12/h5-8,12,16-17H,2-4,9-11H2,1H3,(H,18,19). The van der Waals surface area contributed by atoms with Crippen molar-refractivity contribution in [2.24, 2.45) is 5.92 Å². The molecule has 0 radical (unpaired) electrons. The normalized spacial score (nSPS) is 14.8.